The van der Waals surface area contributed by atoms with E-state index in [1.807, 2.05) is 13.0 Å². The zero-order valence-corrected chi connectivity index (χ0v) is 17.6. The molecular formula is C24H21FN4O3. The highest BCUT2D eigenvalue weighted by Gasteiger charge is 2.23. The molecule has 2 aromatic carbocycles. The van der Waals surface area contributed by atoms with Crippen molar-refractivity contribution in [1.82, 2.24) is 19.4 Å². The fourth-order valence-corrected chi connectivity index (χ4v) is 3.63. The van der Waals surface area contributed by atoms with Gasteiger partial charge >= 0.3 is 5.69 Å². The van der Waals surface area contributed by atoms with Crippen LogP contribution in [0.25, 0.3) is 16.6 Å². The summed E-state index contributed by atoms with van der Waals surface area (Å²) in [6, 6.07) is 13.2. The second-order valence-corrected chi connectivity index (χ2v) is 7.52. The van der Waals surface area contributed by atoms with Gasteiger partial charge in [-0.2, -0.15) is 0 Å². The monoisotopic (exact) mass is 432 g/mol. The highest BCUT2D eigenvalue weighted by molar-refractivity contribution is 5.84. The van der Waals surface area contributed by atoms with Crippen LogP contribution in [-0.4, -0.2) is 20.0 Å². The summed E-state index contributed by atoms with van der Waals surface area (Å²) in [5.74, 6) is -1.13. The first kappa shape index (κ1) is 21.2. The van der Waals surface area contributed by atoms with Crippen LogP contribution in [-0.2, 0) is 11.3 Å². The maximum atomic E-state index is 14.5. The second kappa shape index (κ2) is 8.58. The molecule has 2 heterocycles. The number of halogens is 1. The van der Waals surface area contributed by atoms with E-state index in [0.29, 0.717) is 5.52 Å². The molecule has 0 aliphatic heterocycles. The largest absolute Gasteiger partial charge is 0.350 e. The summed E-state index contributed by atoms with van der Waals surface area (Å²) in [6.45, 7) is 3.61. The van der Waals surface area contributed by atoms with E-state index < -0.39 is 29.0 Å². The maximum Gasteiger partial charge on any atom is 0.336 e. The lowest BCUT2D eigenvalue weighted by Gasteiger charge is -2.20. The van der Waals surface area contributed by atoms with E-state index in [9.17, 15) is 18.8 Å². The summed E-state index contributed by atoms with van der Waals surface area (Å²) in [6.07, 6.45) is 3.27. The number of carbonyl (C=O) groups is 1. The van der Waals surface area contributed by atoms with Crippen LogP contribution < -0.4 is 16.6 Å². The fourth-order valence-electron chi connectivity index (χ4n) is 3.63. The number of hydrogen-bond donors (Lipinski definition) is 1. The minimum Gasteiger partial charge on any atom is -0.350 e. The van der Waals surface area contributed by atoms with Gasteiger partial charge in [-0.3, -0.25) is 19.1 Å². The van der Waals surface area contributed by atoms with Gasteiger partial charge < -0.3 is 5.32 Å². The smallest absolute Gasteiger partial charge is 0.336 e. The van der Waals surface area contributed by atoms with Crippen molar-refractivity contribution in [2.24, 2.45) is 0 Å². The third-order valence-electron chi connectivity index (χ3n) is 5.29. The van der Waals surface area contributed by atoms with Crippen molar-refractivity contribution in [2.75, 3.05) is 0 Å². The van der Waals surface area contributed by atoms with Crippen molar-refractivity contribution in [1.29, 1.82) is 0 Å². The molecule has 0 aliphatic carbocycles. The number of fused-ring (bicyclic) bond motifs is 1. The summed E-state index contributed by atoms with van der Waals surface area (Å²) in [4.78, 5) is 43.6. The van der Waals surface area contributed by atoms with Gasteiger partial charge in [0.1, 0.15) is 11.9 Å². The van der Waals surface area contributed by atoms with E-state index in [4.69, 9.17) is 0 Å². The van der Waals surface area contributed by atoms with Gasteiger partial charge in [-0.1, -0.05) is 29.8 Å². The standard InChI is InChI=1S/C24H21FN4O3/c1-15-9-10-20-18(12-15)23(31)29(21-8-4-3-7-19(21)25)24(32)28(20)16(2)22(30)27-14-17-6-5-11-26-13-17/h3-13,16H,14H2,1-2H3,(H,27,30). The van der Waals surface area contributed by atoms with Crippen LogP contribution >= 0.6 is 0 Å². The first-order chi connectivity index (χ1) is 15.4. The van der Waals surface area contributed by atoms with Crippen LogP contribution in [0.2, 0.25) is 0 Å². The first-order valence-electron chi connectivity index (χ1n) is 10.1. The maximum absolute atomic E-state index is 14.5. The van der Waals surface area contributed by atoms with E-state index in [-0.39, 0.29) is 17.6 Å². The highest BCUT2D eigenvalue weighted by Crippen LogP contribution is 2.17. The van der Waals surface area contributed by atoms with Gasteiger partial charge in [0.2, 0.25) is 5.91 Å². The Morgan fingerprint density at radius 1 is 1.12 bits per heavy atom. The van der Waals surface area contributed by atoms with E-state index in [1.165, 1.54) is 22.8 Å². The summed E-state index contributed by atoms with van der Waals surface area (Å²) in [5, 5.41) is 3.01. The lowest BCUT2D eigenvalue weighted by Crippen LogP contribution is -2.43. The Morgan fingerprint density at radius 3 is 2.62 bits per heavy atom. The predicted molar refractivity (Wildman–Crippen MR) is 119 cm³/mol. The molecule has 1 unspecified atom stereocenters. The molecule has 8 heteroatoms. The zero-order chi connectivity index (χ0) is 22.8. The number of carbonyl (C=O) groups excluding carboxylic acids is 1. The van der Waals surface area contributed by atoms with Gasteiger partial charge in [0.25, 0.3) is 5.56 Å². The molecule has 0 spiro atoms. The number of nitrogens with one attached hydrogen (secondary N) is 1. The van der Waals surface area contributed by atoms with E-state index >= 15 is 0 Å². The van der Waals surface area contributed by atoms with Crippen molar-refractivity contribution in [3.63, 3.8) is 0 Å². The summed E-state index contributed by atoms with van der Waals surface area (Å²) >= 11 is 0. The number of hydrogen-bond acceptors (Lipinski definition) is 4. The van der Waals surface area contributed by atoms with Gasteiger partial charge in [0.05, 0.1) is 16.6 Å². The first-order valence-corrected chi connectivity index (χ1v) is 10.1. The predicted octanol–water partition coefficient (Wildman–Crippen LogP) is 2.87. The van der Waals surface area contributed by atoms with Gasteiger partial charge in [0, 0.05) is 18.9 Å². The van der Waals surface area contributed by atoms with E-state index in [2.05, 4.69) is 10.3 Å². The molecule has 0 saturated carbocycles. The van der Waals surface area contributed by atoms with Gasteiger partial charge in [0.15, 0.2) is 0 Å². The number of aryl methyl sites for hydroxylation is 1. The second-order valence-electron chi connectivity index (χ2n) is 7.52. The molecule has 2 aromatic heterocycles. The average Bonchev–Trinajstić information content (AvgIpc) is 2.79. The molecule has 0 radical (unpaired) electrons. The number of rotatable bonds is 5. The molecule has 1 N–H and O–H groups in total. The minimum atomic E-state index is -0.956. The Bertz CT molecular complexity index is 1430. The number of pyridine rings is 1. The molecular weight excluding hydrogens is 411 g/mol. The summed E-state index contributed by atoms with van der Waals surface area (Å²) in [7, 11) is 0. The Morgan fingerprint density at radius 2 is 1.91 bits per heavy atom. The van der Waals surface area contributed by atoms with E-state index in [1.54, 1.807) is 49.6 Å². The van der Waals surface area contributed by atoms with Crippen molar-refractivity contribution < 1.29 is 9.18 Å². The highest BCUT2D eigenvalue weighted by atomic mass is 19.1. The van der Waals surface area contributed by atoms with Crippen molar-refractivity contribution in [2.45, 2.75) is 26.4 Å². The number of amides is 1. The number of para-hydroxylation sites is 1. The summed E-state index contributed by atoms with van der Waals surface area (Å²) in [5.41, 5.74) is 0.314. The van der Waals surface area contributed by atoms with Crippen LogP contribution in [0, 0.1) is 12.7 Å². The summed E-state index contributed by atoms with van der Waals surface area (Å²) < 4.78 is 16.5. The topological polar surface area (TPSA) is 86.0 Å². The number of aromatic nitrogens is 3. The minimum absolute atomic E-state index is 0.164. The lowest BCUT2D eigenvalue weighted by atomic mass is 10.1. The molecule has 0 bridgehead atoms. The fraction of sp³-hybridized carbons (Fsp3) is 0.167. The van der Waals surface area contributed by atoms with Crippen LogP contribution in [0.3, 0.4) is 0 Å². The third-order valence-corrected chi connectivity index (χ3v) is 5.29. The van der Waals surface area contributed by atoms with Gasteiger partial charge in [-0.25, -0.2) is 13.8 Å². The Hall–Kier alpha value is -4.07. The molecule has 4 aromatic rings. The van der Waals surface area contributed by atoms with Crippen molar-refractivity contribution in [3.05, 3.63) is 105 Å². The molecule has 7 nitrogen and oxygen atoms in total. The van der Waals surface area contributed by atoms with Crippen LogP contribution in [0.5, 0.6) is 0 Å². The average molecular weight is 432 g/mol. The molecule has 0 fully saturated rings. The lowest BCUT2D eigenvalue weighted by molar-refractivity contribution is -0.124. The Labute approximate surface area is 182 Å². The normalized spacial score (nSPS) is 12.0. The molecule has 32 heavy (non-hydrogen) atoms. The van der Waals surface area contributed by atoms with Gasteiger partial charge in [-0.05, 0) is 49.7 Å². The van der Waals surface area contributed by atoms with Crippen molar-refractivity contribution in [3.8, 4) is 5.69 Å². The Balaban J connectivity index is 1.86. The number of nitrogens with zero attached hydrogens (tertiary/aromatic N) is 3. The molecule has 1 amide bonds. The van der Waals surface area contributed by atoms with Crippen molar-refractivity contribution >= 4 is 16.8 Å². The van der Waals surface area contributed by atoms with Gasteiger partial charge in [-0.15, -0.1) is 0 Å². The van der Waals surface area contributed by atoms with Crippen LogP contribution in [0.1, 0.15) is 24.1 Å². The molecule has 0 aliphatic rings. The third kappa shape index (κ3) is 3.82. The Kier molecular flexibility index (Phi) is 5.68. The SMILES string of the molecule is Cc1ccc2c(c1)c(=O)n(-c1ccccc1F)c(=O)n2C(C)C(=O)NCc1cccnc1. The van der Waals surface area contributed by atoms with Crippen LogP contribution in [0.15, 0.2) is 76.6 Å². The van der Waals surface area contributed by atoms with E-state index in [0.717, 1.165) is 15.7 Å². The van der Waals surface area contributed by atoms with Crippen LogP contribution in [0.4, 0.5) is 4.39 Å². The number of benzene rings is 2. The molecule has 4 rings (SSSR count). The molecule has 0 saturated heterocycles. The molecule has 162 valence electrons. The molecule has 1 atom stereocenters. The quantitative estimate of drug-likeness (QED) is 0.526. The zero-order valence-electron chi connectivity index (χ0n) is 17.6.